The van der Waals surface area contributed by atoms with E-state index in [4.69, 9.17) is 0 Å². The van der Waals surface area contributed by atoms with Crippen LogP contribution in [0.3, 0.4) is 0 Å². The number of rotatable bonds is 0. The maximum absolute atomic E-state index is 13.6. The van der Waals surface area contributed by atoms with Gasteiger partial charge in [-0.25, -0.2) is 8.78 Å². The molecule has 46 heavy (non-hydrogen) atoms. The van der Waals surface area contributed by atoms with Crippen molar-refractivity contribution in [1.82, 2.24) is 0 Å². The Morgan fingerprint density at radius 3 is 1.67 bits per heavy atom. The van der Waals surface area contributed by atoms with Gasteiger partial charge < -0.3 is 0 Å². The van der Waals surface area contributed by atoms with E-state index < -0.39 is 23.4 Å². The summed E-state index contributed by atoms with van der Waals surface area (Å²) in [6, 6.07) is 30.6. The first-order chi connectivity index (χ1) is 22.2. The lowest BCUT2D eigenvalue weighted by Crippen LogP contribution is -2.31. The van der Waals surface area contributed by atoms with Crippen molar-refractivity contribution in [3.8, 4) is 33.8 Å². The molecule has 0 amide bonds. The standard InChI is InChI=1S/C13H9F3N.C13H12N.C12H8F2N/c14-13(15,16)10-4-5-11-9(7-10)8-17-6-2-1-3-12(11)17;1-10-5-6-12-11(8-10)9-14-7-3-2-4-13(12)14;13-9-5-8-7-15-4-2-1-3-11(15)12(8)10(14)6-9/h1-7H,8H2;2-8H,9H2,1H3;1-6H,7H2/q3*+1. The Morgan fingerprint density at radius 1 is 0.543 bits per heavy atom. The lowest BCUT2D eigenvalue weighted by molar-refractivity contribution is -0.672. The van der Waals surface area contributed by atoms with Gasteiger partial charge in [-0.1, -0.05) is 11.6 Å². The number of hydrogen-bond donors (Lipinski definition) is 0. The van der Waals surface area contributed by atoms with Gasteiger partial charge >= 0.3 is 6.18 Å². The van der Waals surface area contributed by atoms with Crippen LogP contribution in [0.5, 0.6) is 0 Å². The molecule has 0 atom stereocenters. The molecule has 228 valence electrons. The molecule has 0 saturated carbocycles. The number of aromatic nitrogens is 3. The van der Waals surface area contributed by atoms with Crippen LogP contribution >= 0.6 is 0 Å². The molecule has 0 saturated heterocycles. The summed E-state index contributed by atoms with van der Waals surface area (Å²) in [5, 5.41) is 0. The molecule has 0 radical (unpaired) electrons. The summed E-state index contributed by atoms with van der Waals surface area (Å²) in [5.41, 5.74) is 9.55. The van der Waals surface area contributed by atoms with Crippen LogP contribution < -0.4 is 13.7 Å². The SMILES string of the molecule is Cc1ccc2c(c1)C[n+]1ccccc1-2.FC(F)(F)c1ccc2c(c1)C[n+]1ccccc1-2.Fc1cc(F)c2c(c1)C[n+]1ccccc1-2. The summed E-state index contributed by atoms with van der Waals surface area (Å²) < 4.78 is 70.5. The zero-order valence-electron chi connectivity index (χ0n) is 24.9. The highest BCUT2D eigenvalue weighted by Crippen LogP contribution is 2.34. The van der Waals surface area contributed by atoms with Gasteiger partial charge in [0.2, 0.25) is 17.1 Å². The molecule has 9 rings (SSSR count). The second kappa shape index (κ2) is 11.6. The fraction of sp³-hybridized carbons (Fsp3) is 0.132. The van der Waals surface area contributed by atoms with Gasteiger partial charge in [0.1, 0.15) is 11.6 Å². The predicted octanol–water partition coefficient (Wildman–Crippen LogP) is 7.61. The summed E-state index contributed by atoms with van der Waals surface area (Å²) in [5.74, 6) is -0.998. The first-order valence-electron chi connectivity index (χ1n) is 14.9. The number of nitrogens with zero attached hydrogens (tertiary/aromatic N) is 3. The molecule has 0 fully saturated rings. The van der Waals surface area contributed by atoms with Gasteiger partial charge in [0.25, 0.3) is 0 Å². The maximum atomic E-state index is 13.6. The van der Waals surface area contributed by atoms with Crippen molar-refractivity contribution in [3.05, 3.63) is 161 Å². The second-order valence-corrected chi connectivity index (χ2v) is 11.6. The maximum Gasteiger partial charge on any atom is 0.416 e. The number of alkyl halides is 3. The Hall–Kier alpha value is -5.24. The van der Waals surface area contributed by atoms with E-state index in [0.29, 0.717) is 24.2 Å². The van der Waals surface area contributed by atoms with Crippen molar-refractivity contribution in [3.63, 3.8) is 0 Å². The molecule has 3 aromatic carbocycles. The molecular weight excluding hydrogens is 593 g/mol. The third kappa shape index (κ3) is 5.55. The largest absolute Gasteiger partial charge is 0.416 e. The van der Waals surface area contributed by atoms with Crippen molar-refractivity contribution >= 4 is 0 Å². The van der Waals surface area contributed by atoms with Crippen molar-refractivity contribution < 1.29 is 35.7 Å². The van der Waals surface area contributed by atoms with Crippen LogP contribution in [-0.2, 0) is 25.8 Å². The average Bonchev–Trinajstić information content (AvgIpc) is 3.71. The van der Waals surface area contributed by atoms with Crippen molar-refractivity contribution in [2.24, 2.45) is 0 Å². The molecule has 0 spiro atoms. The van der Waals surface area contributed by atoms with E-state index in [1.54, 1.807) is 6.07 Å². The topological polar surface area (TPSA) is 11.6 Å². The molecule has 3 nitrogen and oxygen atoms in total. The lowest BCUT2D eigenvalue weighted by atomic mass is 10.0. The number of aryl methyl sites for hydroxylation is 1. The molecule has 6 heterocycles. The Morgan fingerprint density at radius 2 is 1.07 bits per heavy atom. The number of benzene rings is 3. The molecule has 0 aliphatic carbocycles. The summed E-state index contributed by atoms with van der Waals surface area (Å²) in [7, 11) is 0. The molecule has 0 bridgehead atoms. The highest BCUT2D eigenvalue weighted by atomic mass is 19.4. The van der Waals surface area contributed by atoms with E-state index in [2.05, 4.69) is 54.1 Å². The lowest BCUT2D eigenvalue weighted by Gasteiger charge is -2.06. The highest BCUT2D eigenvalue weighted by Gasteiger charge is 2.34. The number of pyridine rings is 3. The van der Waals surface area contributed by atoms with Gasteiger partial charge in [0.05, 0.1) is 22.3 Å². The molecule has 3 aliphatic heterocycles. The van der Waals surface area contributed by atoms with Crippen LogP contribution in [0, 0.1) is 18.6 Å². The Balaban J connectivity index is 0.000000111. The molecular formula is C38H29F5N3+3. The third-order valence-corrected chi connectivity index (χ3v) is 8.48. The van der Waals surface area contributed by atoms with Gasteiger partial charge in [0, 0.05) is 59.2 Å². The van der Waals surface area contributed by atoms with Crippen LogP contribution in [0.25, 0.3) is 33.8 Å². The van der Waals surface area contributed by atoms with E-state index in [9.17, 15) is 22.0 Å². The average molecular weight is 623 g/mol. The summed E-state index contributed by atoms with van der Waals surface area (Å²) in [6.07, 6.45) is 1.62. The summed E-state index contributed by atoms with van der Waals surface area (Å²) in [6.45, 7) is 4.22. The minimum atomic E-state index is -4.27. The van der Waals surface area contributed by atoms with Crippen LogP contribution in [-0.4, -0.2) is 0 Å². The Labute approximate surface area is 263 Å². The van der Waals surface area contributed by atoms with E-state index in [-0.39, 0.29) is 0 Å². The molecule has 0 N–H and O–H groups in total. The minimum Gasteiger partial charge on any atom is -0.207 e. The molecule has 0 unspecified atom stereocenters. The molecule has 3 aromatic heterocycles. The van der Waals surface area contributed by atoms with Gasteiger partial charge in [-0.2, -0.15) is 26.9 Å². The summed E-state index contributed by atoms with van der Waals surface area (Å²) >= 11 is 0. The quantitative estimate of drug-likeness (QED) is 0.122. The van der Waals surface area contributed by atoms with E-state index in [1.807, 2.05) is 57.9 Å². The molecule has 3 aliphatic rings. The number of halogens is 5. The number of hydrogen-bond acceptors (Lipinski definition) is 0. The fourth-order valence-electron chi connectivity index (χ4n) is 6.40. The fourth-order valence-corrected chi connectivity index (χ4v) is 6.40. The second-order valence-electron chi connectivity index (χ2n) is 11.6. The molecule has 8 heteroatoms. The van der Waals surface area contributed by atoms with E-state index in [0.717, 1.165) is 41.2 Å². The van der Waals surface area contributed by atoms with Crippen molar-refractivity contribution in [2.75, 3.05) is 0 Å². The van der Waals surface area contributed by atoms with Gasteiger partial charge in [-0.3, -0.25) is 0 Å². The summed E-state index contributed by atoms with van der Waals surface area (Å²) in [4.78, 5) is 0. The Kier molecular flexibility index (Phi) is 7.43. The minimum absolute atomic E-state index is 0.484. The third-order valence-electron chi connectivity index (χ3n) is 8.48. The van der Waals surface area contributed by atoms with E-state index >= 15 is 0 Å². The van der Waals surface area contributed by atoms with Gasteiger partial charge in [0.15, 0.2) is 38.2 Å². The van der Waals surface area contributed by atoms with Crippen molar-refractivity contribution in [1.29, 1.82) is 0 Å². The predicted molar refractivity (Wildman–Crippen MR) is 163 cm³/mol. The number of fused-ring (bicyclic) bond motifs is 9. The van der Waals surface area contributed by atoms with Crippen LogP contribution in [0.1, 0.15) is 27.8 Å². The zero-order valence-corrected chi connectivity index (χ0v) is 24.9. The first kappa shape index (κ1) is 29.5. The smallest absolute Gasteiger partial charge is 0.207 e. The van der Waals surface area contributed by atoms with Crippen LogP contribution in [0.2, 0.25) is 0 Å². The van der Waals surface area contributed by atoms with Gasteiger partial charge in [-0.15, -0.1) is 0 Å². The highest BCUT2D eigenvalue weighted by molar-refractivity contribution is 5.65. The first-order valence-corrected chi connectivity index (χ1v) is 14.9. The molecule has 6 aromatic rings. The van der Waals surface area contributed by atoms with Crippen molar-refractivity contribution in [2.45, 2.75) is 32.7 Å². The van der Waals surface area contributed by atoms with Crippen LogP contribution in [0.4, 0.5) is 22.0 Å². The Bertz CT molecular complexity index is 2120. The normalized spacial score (nSPS) is 12.7. The van der Waals surface area contributed by atoms with Crippen LogP contribution in [0.15, 0.2) is 122 Å². The monoisotopic (exact) mass is 622 g/mol. The van der Waals surface area contributed by atoms with E-state index in [1.165, 1.54) is 34.5 Å². The zero-order chi connectivity index (χ0) is 32.0. The van der Waals surface area contributed by atoms with Gasteiger partial charge in [-0.05, 0) is 61.5 Å².